The van der Waals surface area contributed by atoms with E-state index in [4.69, 9.17) is 29.2 Å². The molecule has 0 aliphatic rings. The molecule has 2 N–H and O–H groups in total. The number of imidazole rings is 2. The van der Waals surface area contributed by atoms with Crippen molar-refractivity contribution in [2.45, 2.75) is 138 Å². The summed E-state index contributed by atoms with van der Waals surface area (Å²) in [6.07, 6.45) is 7.14. The molecule has 4 heterocycles. The molecule has 4 rings (SSSR count). The lowest BCUT2D eigenvalue weighted by Gasteiger charge is -2.22. The zero-order chi connectivity index (χ0) is 42.2. The fourth-order valence-corrected chi connectivity index (χ4v) is 7.31. The Morgan fingerprint density at radius 2 is 1.23 bits per heavy atom. The molecule has 15 heteroatoms. The van der Waals surface area contributed by atoms with Crippen LogP contribution in [0.5, 0.6) is 0 Å². The van der Waals surface area contributed by atoms with E-state index in [0.29, 0.717) is 44.6 Å². The SMILES string of the molecule is C[C@H](NC(=O)CC(C)(C)C)c1ncc(-c2ccc(-c3ccc(-c4cnc(CNC(=O)OC(C)(C)C)n4COCC[Si](C)(C)C)cn3)nc2)n1COCC[Si](C)(C)C. The van der Waals surface area contributed by atoms with E-state index in [-0.39, 0.29) is 23.9 Å². The summed E-state index contributed by atoms with van der Waals surface area (Å²) in [7, 11) is -2.56. The summed E-state index contributed by atoms with van der Waals surface area (Å²) in [6.45, 7) is 29.7. The van der Waals surface area contributed by atoms with Crippen LogP contribution in [0, 0.1) is 5.41 Å². The Labute approximate surface area is 341 Å². The van der Waals surface area contributed by atoms with Crippen LogP contribution in [0.2, 0.25) is 51.4 Å². The normalized spacial score (nSPS) is 13.1. The summed E-state index contributed by atoms with van der Waals surface area (Å²) >= 11 is 0. The number of amides is 2. The van der Waals surface area contributed by atoms with Gasteiger partial charge in [0, 0.05) is 59.3 Å². The quantitative estimate of drug-likeness (QED) is 0.0741. The van der Waals surface area contributed by atoms with E-state index in [1.165, 1.54) is 0 Å². The Hall–Kier alpha value is -4.19. The second-order valence-electron chi connectivity index (χ2n) is 19.4. The molecule has 2 amide bonds. The lowest BCUT2D eigenvalue weighted by Crippen LogP contribution is -2.33. The highest BCUT2D eigenvalue weighted by Gasteiger charge is 2.23. The van der Waals surface area contributed by atoms with Crippen molar-refractivity contribution < 1.29 is 23.8 Å². The second kappa shape index (κ2) is 19.0. The maximum atomic E-state index is 12.8. The zero-order valence-corrected chi connectivity index (χ0v) is 38.6. The van der Waals surface area contributed by atoms with Crippen LogP contribution in [0.4, 0.5) is 4.79 Å². The molecule has 0 aliphatic carbocycles. The van der Waals surface area contributed by atoms with Gasteiger partial charge in [0.05, 0.1) is 47.8 Å². The number of hydrogen-bond acceptors (Lipinski definition) is 9. The minimum absolute atomic E-state index is 0.0128. The molecule has 0 fully saturated rings. The molecule has 0 spiro atoms. The van der Waals surface area contributed by atoms with Crippen molar-refractivity contribution in [3.63, 3.8) is 0 Å². The molecular weight excluding hydrogens is 753 g/mol. The third kappa shape index (κ3) is 14.9. The van der Waals surface area contributed by atoms with Gasteiger partial charge in [-0.05, 0) is 69.5 Å². The lowest BCUT2D eigenvalue weighted by molar-refractivity contribution is -0.123. The Morgan fingerprint density at radius 3 is 1.70 bits per heavy atom. The van der Waals surface area contributed by atoms with Gasteiger partial charge >= 0.3 is 6.09 Å². The van der Waals surface area contributed by atoms with Crippen molar-refractivity contribution in [1.29, 1.82) is 0 Å². The number of carbonyl (C=O) groups excluding carboxylic acids is 2. The number of pyridine rings is 2. The van der Waals surface area contributed by atoms with Gasteiger partial charge in [0.2, 0.25) is 5.91 Å². The molecule has 0 radical (unpaired) electrons. The van der Waals surface area contributed by atoms with Crippen molar-refractivity contribution in [2.24, 2.45) is 5.41 Å². The number of nitrogens with zero attached hydrogens (tertiary/aromatic N) is 6. The average Bonchev–Trinajstić information content (AvgIpc) is 3.69. The molecule has 0 bridgehead atoms. The maximum absolute atomic E-state index is 12.8. The van der Waals surface area contributed by atoms with Crippen LogP contribution >= 0.6 is 0 Å². The first-order chi connectivity index (χ1) is 26.5. The molecule has 0 saturated carbocycles. The minimum Gasteiger partial charge on any atom is -0.444 e. The molecule has 0 unspecified atom stereocenters. The highest BCUT2D eigenvalue weighted by Crippen LogP contribution is 2.28. The van der Waals surface area contributed by atoms with E-state index in [2.05, 4.69) is 75.7 Å². The van der Waals surface area contributed by atoms with Gasteiger partial charge < -0.3 is 34.0 Å². The van der Waals surface area contributed by atoms with Crippen LogP contribution in [0.3, 0.4) is 0 Å². The summed E-state index contributed by atoms with van der Waals surface area (Å²) in [4.78, 5) is 44.3. The first-order valence-corrected chi connectivity index (χ1v) is 27.3. The Morgan fingerprint density at radius 1 is 0.719 bits per heavy atom. The summed E-state index contributed by atoms with van der Waals surface area (Å²) in [5, 5.41) is 5.95. The van der Waals surface area contributed by atoms with Gasteiger partial charge in [0.15, 0.2) is 0 Å². The van der Waals surface area contributed by atoms with Gasteiger partial charge in [0.25, 0.3) is 0 Å². The largest absolute Gasteiger partial charge is 0.444 e. The molecule has 0 aromatic carbocycles. The fraction of sp³-hybridized carbons (Fsp3) is 0.571. The standard InChI is InChI=1S/C42H66N8O5Si2/c1-30(48-38(51)22-41(2,3)4)39-46-26-36(50(39)29-54-19-21-57(11,12)13)32-15-17-34(44-24-32)33-16-14-31(23-43-33)35-25-45-37(27-47-40(52)55-42(5,6)7)49(35)28-53-18-20-56(8,9)10/h14-17,23-26,30H,18-22,27-29H2,1-13H3,(H,47,52)(H,48,51)/t30-/m0/s1. The molecular formula is C42H66N8O5Si2. The zero-order valence-electron chi connectivity index (χ0n) is 36.6. The molecule has 0 saturated heterocycles. The summed E-state index contributed by atoms with van der Waals surface area (Å²) < 4.78 is 21.8. The Balaban J connectivity index is 1.55. The first-order valence-electron chi connectivity index (χ1n) is 19.9. The number of hydrogen-bond donors (Lipinski definition) is 2. The summed E-state index contributed by atoms with van der Waals surface area (Å²) in [6, 6.07) is 9.67. The molecule has 1 atom stereocenters. The van der Waals surface area contributed by atoms with Crippen molar-refractivity contribution in [3.05, 3.63) is 60.7 Å². The van der Waals surface area contributed by atoms with E-state index >= 15 is 0 Å². The highest BCUT2D eigenvalue weighted by molar-refractivity contribution is 6.76. The van der Waals surface area contributed by atoms with E-state index in [1.54, 1.807) is 12.4 Å². The number of carbonyl (C=O) groups is 2. The predicted octanol–water partition coefficient (Wildman–Crippen LogP) is 9.13. The third-order valence-electron chi connectivity index (χ3n) is 8.88. The Kier molecular flexibility index (Phi) is 15.2. The van der Waals surface area contributed by atoms with E-state index in [0.717, 1.165) is 46.1 Å². The van der Waals surface area contributed by atoms with Crippen molar-refractivity contribution in [3.8, 4) is 33.9 Å². The summed E-state index contributed by atoms with van der Waals surface area (Å²) in [5.74, 6) is 1.36. The summed E-state index contributed by atoms with van der Waals surface area (Å²) in [5.41, 5.74) is 4.12. The molecule has 57 heavy (non-hydrogen) atoms. The number of ether oxygens (including phenoxy) is 3. The van der Waals surface area contributed by atoms with E-state index in [9.17, 15) is 9.59 Å². The van der Waals surface area contributed by atoms with Crippen LogP contribution in [0.15, 0.2) is 49.1 Å². The van der Waals surface area contributed by atoms with Crippen molar-refractivity contribution in [2.75, 3.05) is 13.2 Å². The Bertz CT molecular complexity index is 1920. The van der Waals surface area contributed by atoms with Crippen molar-refractivity contribution in [1.82, 2.24) is 39.7 Å². The van der Waals surface area contributed by atoms with Gasteiger partial charge in [-0.1, -0.05) is 60.1 Å². The topological polar surface area (TPSA) is 147 Å². The van der Waals surface area contributed by atoms with Crippen LogP contribution < -0.4 is 10.6 Å². The van der Waals surface area contributed by atoms with E-state index in [1.807, 2.05) is 73.5 Å². The average molecular weight is 819 g/mol. The number of nitrogens with one attached hydrogen (secondary N) is 2. The second-order valence-corrected chi connectivity index (χ2v) is 30.6. The highest BCUT2D eigenvalue weighted by atomic mass is 28.3. The first kappa shape index (κ1) is 45.5. The van der Waals surface area contributed by atoms with Crippen LogP contribution in [0.1, 0.15) is 72.6 Å². The van der Waals surface area contributed by atoms with Crippen LogP contribution in [-0.2, 0) is 39.0 Å². The monoisotopic (exact) mass is 818 g/mol. The molecule has 0 aliphatic heterocycles. The predicted molar refractivity (Wildman–Crippen MR) is 232 cm³/mol. The van der Waals surface area contributed by atoms with Gasteiger partial charge in [-0.3, -0.25) is 14.8 Å². The van der Waals surface area contributed by atoms with Crippen LogP contribution in [0.25, 0.3) is 33.9 Å². The minimum atomic E-state index is -1.28. The van der Waals surface area contributed by atoms with Gasteiger partial charge in [-0.25, -0.2) is 14.8 Å². The van der Waals surface area contributed by atoms with Crippen molar-refractivity contribution >= 4 is 28.1 Å². The smallest absolute Gasteiger partial charge is 0.408 e. The van der Waals surface area contributed by atoms with Gasteiger partial charge in [-0.15, -0.1) is 0 Å². The fourth-order valence-electron chi connectivity index (χ4n) is 5.80. The number of alkyl carbamates (subject to hydrolysis) is 1. The number of rotatable bonds is 18. The van der Waals surface area contributed by atoms with Crippen LogP contribution in [-0.4, -0.2) is 76.0 Å². The molecule has 4 aromatic heterocycles. The molecule has 13 nitrogen and oxygen atoms in total. The van der Waals surface area contributed by atoms with Gasteiger partial charge in [0.1, 0.15) is 30.7 Å². The molecule has 312 valence electrons. The molecule has 4 aromatic rings. The third-order valence-corrected chi connectivity index (χ3v) is 12.3. The number of aromatic nitrogens is 6. The van der Waals surface area contributed by atoms with E-state index < -0.39 is 27.8 Å². The lowest BCUT2D eigenvalue weighted by atomic mass is 9.92. The maximum Gasteiger partial charge on any atom is 0.408 e. The van der Waals surface area contributed by atoms with Gasteiger partial charge in [-0.2, -0.15) is 0 Å².